The first-order chi connectivity index (χ1) is 9.98. The number of aliphatic hydroxyl groups is 1. The van der Waals surface area contributed by atoms with E-state index in [1.165, 1.54) is 0 Å². The molecule has 1 saturated heterocycles. The summed E-state index contributed by atoms with van der Waals surface area (Å²) in [5, 5.41) is 10.4. The van der Waals surface area contributed by atoms with Gasteiger partial charge in [0, 0.05) is 14.2 Å². The third-order valence-corrected chi connectivity index (χ3v) is 5.15. The summed E-state index contributed by atoms with van der Waals surface area (Å²) in [6.07, 6.45) is -2.67. The number of methoxy groups -OCH3 is 2. The smallest absolute Gasteiger partial charge is 0.184 e. The molecule has 8 heteroatoms. The number of hydrogen-bond acceptors (Lipinski definition) is 6. The molecule has 0 radical (unpaired) electrons. The van der Waals surface area contributed by atoms with Gasteiger partial charge < -0.3 is 28.2 Å². The van der Waals surface area contributed by atoms with Crippen molar-refractivity contribution in [3.63, 3.8) is 0 Å². The van der Waals surface area contributed by atoms with Crippen LogP contribution in [0.2, 0.25) is 39.3 Å². The minimum atomic E-state index is -1.88. The lowest BCUT2D eigenvalue weighted by Crippen LogP contribution is -2.64. The summed E-state index contributed by atoms with van der Waals surface area (Å²) in [6.45, 7) is 12.9. The van der Waals surface area contributed by atoms with Crippen molar-refractivity contribution in [3.8, 4) is 0 Å². The molecule has 1 rings (SSSR count). The van der Waals surface area contributed by atoms with Crippen LogP contribution in [0.5, 0.6) is 0 Å². The lowest BCUT2D eigenvalue weighted by molar-refractivity contribution is -0.284. The summed E-state index contributed by atoms with van der Waals surface area (Å²) in [7, 11) is -0.508. The molecule has 5 unspecified atom stereocenters. The summed E-state index contributed by atoms with van der Waals surface area (Å²) >= 11 is 0. The Kier molecular flexibility index (Phi) is 7.22. The van der Waals surface area contributed by atoms with Crippen molar-refractivity contribution in [2.75, 3.05) is 20.8 Å². The van der Waals surface area contributed by atoms with Gasteiger partial charge >= 0.3 is 0 Å². The Hall–Kier alpha value is 0.194. The molecule has 1 aliphatic heterocycles. The van der Waals surface area contributed by atoms with Crippen LogP contribution < -0.4 is 0 Å². The van der Waals surface area contributed by atoms with Gasteiger partial charge in [-0.15, -0.1) is 0 Å². The molecule has 0 bridgehead atoms. The Morgan fingerprint density at radius 1 is 0.864 bits per heavy atom. The Morgan fingerprint density at radius 3 is 1.77 bits per heavy atom. The molecule has 1 heterocycles. The molecule has 6 nitrogen and oxygen atoms in total. The maximum Gasteiger partial charge on any atom is 0.184 e. The summed E-state index contributed by atoms with van der Waals surface area (Å²) in [6, 6.07) is 0. The second kappa shape index (κ2) is 7.84. The molecule has 5 atom stereocenters. The molecule has 0 spiro atoms. The van der Waals surface area contributed by atoms with E-state index in [0.717, 1.165) is 0 Å². The highest BCUT2D eigenvalue weighted by Gasteiger charge is 2.49. The third-order valence-electron chi connectivity index (χ3n) is 3.19. The SMILES string of the molecule is COCC1OC(O)C(O[Si](C)(C)C)C(O[Si](C)(C)C)C1OC. The number of hydrogen-bond donors (Lipinski definition) is 1. The van der Waals surface area contributed by atoms with Gasteiger partial charge in [0.2, 0.25) is 0 Å². The normalized spacial score (nSPS) is 34.0. The quantitative estimate of drug-likeness (QED) is 0.705. The van der Waals surface area contributed by atoms with Gasteiger partial charge in [0.25, 0.3) is 0 Å². The fourth-order valence-corrected chi connectivity index (χ4v) is 4.71. The maximum absolute atomic E-state index is 10.4. The van der Waals surface area contributed by atoms with Crippen LogP contribution in [-0.4, -0.2) is 73.3 Å². The van der Waals surface area contributed by atoms with Crippen LogP contribution in [-0.2, 0) is 23.1 Å². The van der Waals surface area contributed by atoms with E-state index in [1.54, 1.807) is 14.2 Å². The highest BCUT2D eigenvalue weighted by atomic mass is 28.4. The van der Waals surface area contributed by atoms with Gasteiger partial charge in [0.1, 0.15) is 24.4 Å². The van der Waals surface area contributed by atoms with Crippen LogP contribution >= 0.6 is 0 Å². The lowest BCUT2D eigenvalue weighted by Gasteiger charge is -2.47. The minimum absolute atomic E-state index is 0.334. The topological polar surface area (TPSA) is 66.4 Å². The van der Waals surface area contributed by atoms with Gasteiger partial charge in [-0.05, 0) is 39.3 Å². The van der Waals surface area contributed by atoms with Crippen LogP contribution in [0.4, 0.5) is 0 Å². The first kappa shape index (κ1) is 20.2. The zero-order chi connectivity index (χ0) is 17.1. The molecule has 1 N–H and O–H groups in total. The Morgan fingerprint density at radius 2 is 1.36 bits per heavy atom. The monoisotopic (exact) mass is 352 g/mol. The van der Waals surface area contributed by atoms with Crippen molar-refractivity contribution < 1.29 is 28.2 Å². The van der Waals surface area contributed by atoms with Crippen LogP contribution in [0.25, 0.3) is 0 Å². The van der Waals surface area contributed by atoms with E-state index in [0.29, 0.717) is 6.61 Å². The van der Waals surface area contributed by atoms with Gasteiger partial charge in [-0.1, -0.05) is 0 Å². The van der Waals surface area contributed by atoms with Crippen molar-refractivity contribution in [3.05, 3.63) is 0 Å². The minimum Gasteiger partial charge on any atom is -0.409 e. The van der Waals surface area contributed by atoms with Crippen molar-refractivity contribution in [2.24, 2.45) is 0 Å². The molecular formula is C14H32O6Si2. The molecule has 0 aromatic heterocycles. The molecule has 132 valence electrons. The predicted octanol–water partition coefficient (Wildman–Crippen LogP) is 1.81. The van der Waals surface area contributed by atoms with E-state index >= 15 is 0 Å². The Bertz CT molecular complexity index is 341. The highest BCUT2D eigenvalue weighted by Crippen LogP contribution is 2.30. The molecule has 1 aliphatic rings. The fourth-order valence-electron chi connectivity index (χ4n) is 2.55. The number of rotatable bonds is 7. The third kappa shape index (κ3) is 6.01. The summed E-state index contributed by atoms with van der Waals surface area (Å²) in [5.74, 6) is 0. The molecule has 22 heavy (non-hydrogen) atoms. The standard InChI is InChI=1S/C14H32O6Si2/c1-16-9-10-11(17-2)12(19-21(3,4)5)13(14(15)18-10)20-22(6,7)8/h10-15H,9H2,1-8H3. The summed E-state index contributed by atoms with van der Waals surface area (Å²) in [5.41, 5.74) is 0. The Labute approximate surface area is 136 Å². The summed E-state index contributed by atoms with van der Waals surface area (Å²) in [4.78, 5) is 0. The zero-order valence-electron chi connectivity index (χ0n) is 15.1. The number of ether oxygens (including phenoxy) is 3. The molecule has 1 fully saturated rings. The van der Waals surface area contributed by atoms with E-state index < -0.39 is 29.0 Å². The first-order valence-electron chi connectivity index (χ1n) is 7.69. The number of aliphatic hydroxyl groups excluding tert-OH is 1. The van der Waals surface area contributed by atoms with Gasteiger partial charge in [-0.2, -0.15) is 0 Å². The zero-order valence-corrected chi connectivity index (χ0v) is 17.1. The molecule has 0 aliphatic carbocycles. The van der Waals surface area contributed by atoms with Crippen molar-refractivity contribution in [2.45, 2.75) is 70.0 Å². The van der Waals surface area contributed by atoms with Crippen LogP contribution in [0.1, 0.15) is 0 Å². The Balaban J connectivity index is 3.06. The average Bonchev–Trinajstić information content (AvgIpc) is 2.31. The lowest BCUT2D eigenvalue weighted by atomic mass is 9.99. The molecule has 0 aromatic carbocycles. The van der Waals surface area contributed by atoms with E-state index in [2.05, 4.69) is 39.3 Å². The van der Waals surface area contributed by atoms with Crippen LogP contribution in [0, 0.1) is 0 Å². The average molecular weight is 353 g/mol. The second-order valence-electron chi connectivity index (χ2n) is 7.61. The predicted molar refractivity (Wildman–Crippen MR) is 90.0 cm³/mol. The maximum atomic E-state index is 10.4. The van der Waals surface area contributed by atoms with Gasteiger partial charge in [0.05, 0.1) is 6.61 Å². The largest absolute Gasteiger partial charge is 0.409 e. The van der Waals surface area contributed by atoms with Crippen LogP contribution in [0.3, 0.4) is 0 Å². The molecule has 0 saturated carbocycles. The van der Waals surface area contributed by atoms with E-state index in [-0.39, 0.29) is 18.3 Å². The van der Waals surface area contributed by atoms with Gasteiger partial charge in [-0.25, -0.2) is 0 Å². The van der Waals surface area contributed by atoms with Crippen LogP contribution in [0.15, 0.2) is 0 Å². The molecule has 0 amide bonds. The van der Waals surface area contributed by atoms with Crippen molar-refractivity contribution in [1.29, 1.82) is 0 Å². The molecular weight excluding hydrogens is 320 g/mol. The second-order valence-corrected chi connectivity index (χ2v) is 16.5. The first-order valence-corrected chi connectivity index (χ1v) is 14.5. The molecule has 0 aromatic rings. The van der Waals surface area contributed by atoms with Gasteiger partial charge in [0.15, 0.2) is 22.9 Å². The highest BCUT2D eigenvalue weighted by molar-refractivity contribution is 6.70. The van der Waals surface area contributed by atoms with E-state index in [1.807, 2.05) is 0 Å². The van der Waals surface area contributed by atoms with Crippen molar-refractivity contribution in [1.82, 2.24) is 0 Å². The summed E-state index contributed by atoms with van der Waals surface area (Å²) < 4.78 is 28.9. The van der Waals surface area contributed by atoms with E-state index in [9.17, 15) is 5.11 Å². The van der Waals surface area contributed by atoms with E-state index in [4.69, 9.17) is 23.1 Å². The van der Waals surface area contributed by atoms with Crippen molar-refractivity contribution >= 4 is 16.6 Å². The fraction of sp³-hybridized carbons (Fsp3) is 1.00. The van der Waals surface area contributed by atoms with Gasteiger partial charge in [-0.3, -0.25) is 0 Å².